The molecule has 5 atom stereocenters. The Morgan fingerprint density at radius 3 is 2.66 bits per heavy atom. The summed E-state index contributed by atoms with van der Waals surface area (Å²) in [5, 5.41) is 1.28. The second-order valence-corrected chi connectivity index (χ2v) is 11.6. The maximum atomic E-state index is 12.2. The van der Waals surface area contributed by atoms with Crippen molar-refractivity contribution in [2.45, 2.75) is 79.6 Å². The third kappa shape index (κ3) is 4.98. The first-order valence-electron chi connectivity index (χ1n) is 12.6. The number of carbonyl (C=O) groups is 1. The smallest absolute Gasteiger partial charge is 0.269 e. The Labute approximate surface area is 196 Å². The molecular weight excluding hydrogens is 394 g/mol. The number of rotatable bonds is 5. The second-order valence-electron chi connectivity index (χ2n) is 11.6. The molecule has 0 aliphatic heterocycles. The molecular formula is C29H45NO2. The van der Waals surface area contributed by atoms with Crippen LogP contribution >= 0.6 is 0 Å². The van der Waals surface area contributed by atoms with Crippen LogP contribution in [0.4, 0.5) is 0 Å². The highest BCUT2D eigenvalue weighted by molar-refractivity contribution is 5.86. The van der Waals surface area contributed by atoms with Crippen LogP contribution in [0, 0.1) is 34.5 Å². The molecule has 0 radical (unpaired) electrons. The van der Waals surface area contributed by atoms with Crippen molar-refractivity contribution in [2.75, 3.05) is 14.2 Å². The molecule has 0 aromatic heterocycles. The van der Waals surface area contributed by atoms with Gasteiger partial charge in [-0.05, 0) is 90.6 Å². The van der Waals surface area contributed by atoms with Gasteiger partial charge in [0.15, 0.2) is 0 Å². The number of hydrogen-bond acceptors (Lipinski definition) is 2. The molecule has 3 heteroatoms. The molecule has 3 fully saturated rings. The van der Waals surface area contributed by atoms with E-state index in [4.69, 9.17) is 4.84 Å². The maximum Gasteiger partial charge on any atom is 0.269 e. The molecule has 0 N–H and O–H groups in total. The Bertz CT molecular complexity index is 817. The van der Waals surface area contributed by atoms with E-state index < -0.39 is 0 Å². The average Bonchev–Trinajstić information content (AvgIpc) is 3.11. The van der Waals surface area contributed by atoms with Gasteiger partial charge >= 0.3 is 0 Å². The van der Waals surface area contributed by atoms with Crippen molar-refractivity contribution >= 4 is 5.91 Å². The van der Waals surface area contributed by atoms with Gasteiger partial charge < -0.3 is 0 Å². The largest absolute Gasteiger partial charge is 0.274 e. The predicted octanol–water partition coefficient (Wildman–Crippen LogP) is 7.28. The highest BCUT2D eigenvalue weighted by atomic mass is 16.7. The fourth-order valence-corrected chi connectivity index (χ4v) is 7.09. The van der Waals surface area contributed by atoms with Gasteiger partial charge in [0.2, 0.25) is 0 Å². The van der Waals surface area contributed by atoms with Crippen LogP contribution in [0.3, 0.4) is 0 Å². The summed E-state index contributed by atoms with van der Waals surface area (Å²) in [5.41, 5.74) is 4.71. The SMILES string of the molecule is C=C1/C(=C\C=C2/CCC[C@@]3(C)C2CCC3C(C)(C)/C=C/C(=O)N(C)OC)C[C@@H](C)C[C@@H]1C. The minimum atomic E-state index is -0.104. The van der Waals surface area contributed by atoms with Crippen LogP contribution in [0.2, 0.25) is 0 Å². The summed E-state index contributed by atoms with van der Waals surface area (Å²) in [7, 11) is 3.18. The highest BCUT2D eigenvalue weighted by Gasteiger charge is 2.53. The molecule has 3 aliphatic carbocycles. The summed E-state index contributed by atoms with van der Waals surface area (Å²) in [4.78, 5) is 17.3. The molecule has 0 saturated heterocycles. The lowest BCUT2D eigenvalue weighted by molar-refractivity contribution is -0.162. The van der Waals surface area contributed by atoms with Crippen molar-refractivity contribution in [1.82, 2.24) is 5.06 Å². The molecule has 0 aromatic rings. The van der Waals surface area contributed by atoms with Gasteiger partial charge in [0.05, 0.1) is 7.11 Å². The van der Waals surface area contributed by atoms with Crippen molar-refractivity contribution in [3.63, 3.8) is 0 Å². The van der Waals surface area contributed by atoms with Crippen molar-refractivity contribution in [3.8, 4) is 0 Å². The first-order valence-corrected chi connectivity index (χ1v) is 12.6. The summed E-state index contributed by atoms with van der Waals surface area (Å²) < 4.78 is 0. The highest BCUT2D eigenvalue weighted by Crippen LogP contribution is 2.62. The zero-order valence-electron chi connectivity index (χ0n) is 21.5. The normalized spacial score (nSPS) is 36.2. The van der Waals surface area contributed by atoms with E-state index in [1.54, 1.807) is 18.7 Å². The Balaban J connectivity index is 1.81. The topological polar surface area (TPSA) is 29.5 Å². The van der Waals surface area contributed by atoms with Crippen LogP contribution in [0.25, 0.3) is 0 Å². The lowest BCUT2D eigenvalue weighted by Crippen LogP contribution is -2.39. The maximum absolute atomic E-state index is 12.2. The van der Waals surface area contributed by atoms with Gasteiger partial charge in [0.25, 0.3) is 5.91 Å². The van der Waals surface area contributed by atoms with Crippen LogP contribution in [0.1, 0.15) is 79.6 Å². The van der Waals surface area contributed by atoms with Crippen LogP contribution in [-0.2, 0) is 9.63 Å². The molecule has 32 heavy (non-hydrogen) atoms. The second kappa shape index (κ2) is 9.71. The number of carbonyl (C=O) groups excluding carboxylic acids is 1. The molecule has 3 rings (SSSR count). The summed E-state index contributed by atoms with van der Waals surface area (Å²) >= 11 is 0. The quantitative estimate of drug-likeness (QED) is 0.333. The first-order chi connectivity index (χ1) is 15.0. The Kier molecular flexibility index (Phi) is 7.59. The molecule has 0 aromatic carbocycles. The summed E-state index contributed by atoms with van der Waals surface area (Å²) in [6, 6.07) is 0. The number of nitrogens with zero attached hydrogens (tertiary/aromatic N) is 1. The third-order valence-electron chi connectivity index (χ3n) is 8.93. The molecule has 2 unspecified atom stereocenters. The molecule has 3 saturated carbocycles. The monoisotopic (exact) mass is 439 g/mol. The van der Waals surface area contributed by atoms with Gasteiger partial charge in [-0.25, -0.2) is 5.06 Å². The molecule has 0 heterocycles. The molecule has 178 valence electrons. The van der Waals surface area contributed by atoms with E-state index in [-0.39, 0.29) is 16.7 Å². The van der Waals surface area contributed by atoms with Crippen molar-refractivity contribution in [2.24, 2.45) is 34.5 Å². The Morgan fingerprint density at radius 1 is 1.25 bits per heavy atom. The number of fused-ring (bicyclic) bond motifs is 1. The first kappa shape index (κ1) is 25.0. The van der Waals surface area contributed by atoms with Crippen molar-refractivity contribution in [1.29, 1.82) is 0 Å². The number of allylic oxidation sites excluding steroid dienone is 6. The standard InChI is InChI=1S/C29H45NO2/c1-20-18-21(2)22(3)24(19-20)12-11-23-10-9-16-29(6)25(23)13-14-26(29)28(4,5)17-15-27(31)30(7)32-8/h11-12,15,17,20-21,25-26H,3,9-10,13-14,16,18-19H2,1-2,4-8H3/b17-15+,23-11+,24-12-/t20-,21-,25?,26?,29-/m0/s1. The number of likely N-dealkylation sites (N-methyl/N-ethyl adjacent to an activating group) is 1. The van der Waals surface area contributed by atoms with Crippen LogP contribution in [0.15, 0.2) is 47.6 Å². The minimum absolute atomic E-state index is 0.0306. The molecule has 3 aliphatic rings. The summed E-state index contributed by atoms with van der Waals surface area (Å²) in [5.74, 6) is 2.46. The van der Waals surface area contributed by atoms with E-state index in [1.165, 1.54) is 68.3 Å². The Morgan fingerprint density at radius 2 is 1.97 bits per heavy atom. The van der Waals surface area contributed by atoms with E-state index in [2.05, 4.69) is 59.4 Å². The van der Waals surface area contributed by atoms with Gasteiger partial charge in [0.1, 0.15) is 0 Å². The van der Waals surface area contributed by atoms with Gasteiger partial charge in [-0.3, -0.25) is 9.63 Å². The van der Waals surface area contributed by atoms with Gasteiger partial charge in [0, 0.05) is 13.1 Å². The number of amides is 1. The van der Waals surface area contributed by atoms with Crippen LogP contribution < -0.4 is 0 Å². The van der Waals surface area contributed by atoms with Crippen LogP contribution in [-0.4, -0.2) is 25.1 Å². The van der Waals surface area contributed by atoms with E-state index in [1.807, 2.05) is 0 Å². The lowest BCUT2D eigenvalue weighted by atomic mass is 9.57. The van der Waals surface area contributed by atoms with Gasteiger partial charge in [-0.2, -0.15) is 0 Å². The number of hydrogen-bond donors (Lipinski definition) is 0. The van der Waals surface area contributed by atoms with E-state index in [9.17, 15) is 4.79 Å². The van der Waals surface area contributed by atoms with E-state index in [0.717, 1.165) is 5.92 Å². The molecule has 1 amide bonds. The fraction of sp³-hybridized carbons (Fsp3) is 0.690. The number of hydroxylamine groups is 2. The predicted molar refractivity (Wildman–Crippen MR) is 134 cm³/mol. The average molecular weight is 440 g/mol. The summed E-state index contributed by atoms with van der Waals surface area (Å²) in [6.45, 7) is 16.2. The van der Waals surface area contributed by atoms with Gasteiger partial charge in [-0.15, -0.1) is 0 Å². The zero-order valence-corrected chi connectivity index (χ0v) is 21.5. The molecule has 3 nitrogen and oxygen atoms in total. The molecule has 0 bridgehead atoms. The summed E-state index contributed by atoms with van der Waals surface area (Å²) in [6.07, 6.45) is 17.4. The zero-order chi connectivity index (χ0) is 23.7. The lowest BCUT2D eigenvalue weighted by Gasteiger charge is -2.47. The van der Waals surface area contributed by atoms with E-state index in [0.29, 0.717) is 17.8 Å². The Hall–Kier alpha value is -1.61. The third-order valence-corrected chi connectivity index (χ3v) is 8.93. The van der Waals surface area contributed by atoms with Crippen molar-refractivity contribution in [3.05, 3.63) is 47.6 Å². The fourth-order valence-electron chi connectivity index (χ4n) is 7.09. The minimum Gasteiger partial charge on any atom is -0.274 e. The molecule has 0 spiro atoms. The van der Waals surface area contributed by atoms with Crippen molar-refractivity contribution < 1.29 is 9.63 Å². The van der Waals surface area contributed by atoms with Gasteiger partial charge in [-0.1, -0.05) is 65.0 Å². The van der Waals surface area contributed by atoms with E-state index >= 15 is 0 Å². The van der Waals surface area contributed by atoms with Crippen LogP contribution in [0.5, 0.6) is 0 Å².